The summed E-state index contributed by atoms with van der Waals surface area (Å²) in [5.74, 6) is 0.911. The molecule has 0 spiro atoms. The number of carbonyl (C=O) groups excluding carboxylic acids is 1. The summed E-state index contributed by atoms with van der Waals surface area (Å²) in [5.41, 5.74) is 0.375. The van der Waals surface area contributed by atoms with Gasteiger partial charge in [0.2, 0.25) is 5.75 Å². The third-order valence-corrected chi connectivity index (χ3v) is 4.32. The number of carbonyl (C=O) groups is 1. The first kappa shape index (κ1) is 19.3. The van der Waals surface area contributed by atoms with Crippen molar-refractivity contribution in [1.29, 1.82) is 0 Å². The number of methoxy groups -OCH3 is 3. The first-order valence-electron chi connectivity index (χ1n) is 8.40. The molecule has 1 aromatic carbocycles. The molecule has 7 heteroatoms. The van der Waals surface area contributed by atoms with E-state index in [9.17, 15) is 4.79 Å². The average molecular weight is 352 g/mol. The molecule has 1 heterocycles. The van der Waals surface area contributed by atoms with Gasteiger partial charge in [0.25, 0.3) is 0 Å². The maximum atomic E-state index is 12.5. The van der Waals surface area contributed by atoms with Crippen LogP contribution in [0.25, 0.3) is 0 Å². The Bertz CT molecular complexity index is 560. The summed E-state index contributed by atoms with van der Waals surface area (Å²) in [7, 11) is 6.67. The number of rotatable bonds is 7. The maximum Gasteiger partial charge on any atom is 0.338 e. The molecule has 1 atom stereocenters. The zero-order chi connectivity index (χ0) is 18.4. The van der Waals surface area contributed by atoms with Crippen LogP contribution in [0.1, 0.15) is 17.3 Å². The van der Waals surface area contributed by atoms with Crippen LogP contribution in [0.2, 0.25) is 0 Å². The molecule has 25 heavy (non-hydrogen) atoms. The molecule has 0 N–H and O–H groups in total. The van der Waals surface area contributed by atoms with Crippen LogP contribution in [0.4, 0.5) is 0 Å². The summed E-state index contributed by atoms with van der Waals surface area (Å²) in [6, 6.07) is 3.21. The molecule has 0 bridgehead atoms. The number of hydrogen-bond donors (Lipinski definition) is 0. The van der Waals surface area contributed by atoms with Crippen LogP contribution in [0.5, 0.6) is 17.2 Å². The van der Waals surface area contributed by atoms with Gasteiger partial charge < -0.3 is 23.8 Å². The number of benzene rings is 1. The Kier molecular flexibility index (Phi) is 6.90. The lowest BCUT2D eigenvalue weighted by molar-refractivity contribution is 0.0206. The second-order valence-electron chi connectivity index (χ2n) is 6.23. The van der Waals surface area contributed by atoms with Crippen LogP contribution in [0.15, 0.2) is 12.1 Å². The molecule has 1 aliphatic rings. The fraction of sp³-hybridized carbons (Fsp3) is 0.611. The second kappa shape index (κ2) is 8.92. The monoisotopic (exact) mass is 352 g/mol. The Morgan fingerprint density at radius 3 is 2.08 bits per heavy atom. The topological polar surface area (TPSA) is 60.5 Å². The molecular formula is C18H28N2O5. The van der Waals surface area contributed by atoms with Gasteiger partial charge >= 0.3 is 5.97 Å². The molecule has 1 aromatic rings. The molecule has 0 amide bonds. The van der Waals surface area contributed by atoms with Crippen LogP contribution in [-0.4, -0.2) is 83.0 Å². The van der Waals surface area contributed by atoms with Gasteiger partial charge in [0, 0.05) is 32.7 Å². The molecule has 2 rings (SSSR count). The molecule has 1 aliphatic heterocycles. The second-order valence-corrected chi connectivity index (χ2v) is 6.23. The highest BCUT2D eigenvalue weighted by atomic mass is 16.5. The number of likely N-dealkylation sites (N-methyl/N-ethyl adjacent to an activating group) is 1. The summed E-state index contributed by atoms with van der Waals surface area (Å²) >= 11 is 0. The van der Waals surface area contributed by atoms with Crippen molar-refractivity contribution in [3.8, 4) is 17.2 Å². The third-order valence-electron chi connectivity index (χ3n) is 4.32. The van der Waals surface area contributed by atoms with Crippen molar-refractivity contribution in [1.82, 2.24) is 9.80 Å². The molecule has 0 aromatic heterocycles. The Balaban J connectivity index is 2.02. The van der Waals surface area contributed by atoms with Crippen LogP contribution in [0.3, 0.4) is 0 Å². The number of ether oxygens (including phenoxy) is 4. The van der Waals surface area contributed by atoms with E-state index in [1.54, 1.807) is 12.1 Å². The summed E-state index contributed by atoms with van der Waals surface area (Å²) in [5, 5.41) is 0. The average Bonchev–Trinajstić information content (AvgIpc) is 2.62. The smallest absolute Gasteiger partial charge is 0.338 e. The van der Waals surface area contributed by atoms with Gasteiger partial charge in [0.15, 0.2) is 11.5 Å². The van der Waals surface area contributed by atoms with Gasteiger partial charge in [-0.3, -0.25) is 4.90 Å². The number of nitrogens with zero attached hydrogens (tertiary/aromatic N) is 2. The predicted octanol–water partition coefficient (Wildman–Crippen LogP) is 1.51. The van der Waals surface area contributed by atoms with Crippen molar-refractivity contribution in [2.45, 2.75) is 13.0 Å². The zero-order valence-corrected chi connectivity index (χ0v) is 15.7. The quantitative estimate of drug-likeness (QED) is 0.689. The van der Waals surface area contributed by atoms with Gasteiger partial charge in [0.1, 0.15) is 6.10 Å². The van der Waals surface area contributed by atoms with Gasteiger partial charge in [-0.25, -0.2) is 4.79 Å². The summed E-state index contributed by atoms with van der Waals surface area (Å²) in [6.45, 7) is 6.68. The SMILES string of the molecule is COc1cc(C(=O)O[C@@H](C)CN2CCN(C)CC2)cc(OC)c1OC. The Morgan fingerprint density at radius 1 is 1.04 bits per heavy atom. The third kappa shape index (κ3) is 4.99. The molecular weight excluding hydrogens is 324 g/mol. The Labute approximate surface area is 149 Å². The lowest BCUT2D eigenvalue weighted by Crippen LogP contribution is -2.47. The van der Waals surface area contributed by atoms with E-state index in [1.165, 1.54) is 21.3 Å². The molecule has 0 aliphatic carbocycles. The highest BCUT2D eigenvalue weighted by Crippen LogP contribution is 2.38. The van der Waals surface area contributed by atoms with Crippen LogP contribution in [0, 0.1) is 0 Å². The van der Waals surface area contributed by atoms with Gasteiger partial charge in [-0.2, -0.15) is 0 Å². The van der Waals surface area contributed by atoms with E-state index < -0.39 is 5.97 Å². The summed E-state index contributed by atoms with van der Waals surface area (Å²) in [4.78, 5) is 17.1. The summed E-state index contributed by atoms with van der Waals surface area (Å²) in [6.07, 6.45) is -0.199. The number of esters is 1. The lowest BCUT2D eigenvalue weighted by Gasteiger charge is -2.33. The van der Waals surface area contributed by atoms with Crippen molar-refractivity contribution in [3.05, 3.63) is 17.7 Å². The minimum Gasteiger partial charge on any atom is -0.493 e. The molecule has 0 unspecified atom stereocenters. The van der Waals surface area contributed by atoms with Gasteiger partial charge in [-0.05, 0) is 26.1 Å². The van der Waals surface area contributed by atoms with E-state index in [4.69, 9.17) is 18.9 Å². The van der Waals surface area contributed by atoms with E-state index in [1.807, 2.05) is 6.92 Å². The van der Waals surface area contributed by atoms with E-state index >= 15 is 0 Å². The van der Waals surface area contributed by atoms with Crippen molar-refractivity contribution in [2.24, 2.45) is 0 Å². The lowest BCUT2D eigenvalue weighted by atomic mass is 10.2. The van der Waals surface area contributed by atoms with Gasteiger partial charge in [0.05, 0.1) is 26.9 Å². The molecule has 140 valence electrons. The van der Waals surface area contributed by atoms with E-state index in [0.717, 1.165) is 32.7 Å². The predicted molar refractivity (Wildman–Crippen MR) is 94.9 cm³/mol. The van der Waals surface area contributed by atoms with E-state index in [2.05, 4.69) is 16.8 Å². The largest absolute Gasteiger partial charge is 0.493 e. The minimum atomic E-state index is -0.402. The van der Waals surface area contributed by atoms with Gasteiger partial charge in [-0.1, -0.05) is 0 Å². The first-order chi connectivity index (χ1) is 12.0. The fourth-order valence-corrected chi connectivity index (χ4v) is 2.88. The molecule has 0 saturated carbocycles. The summed E-state index contributed by atoms with van der Waals surface area (Å²) < 4.78 is 21.4. The first-order valence-corrected chi connectivity index (χ1v) is 8.40. The maximum absolute atomic E-state index is 12.5. The number of piperazine rings is 1. The van der Waals surface area contributed by atoms with Crippen LogP contribution < -0.4 is 14.2 Å². The molecule has 0 radical (unpaired) electrons. The van der Waals surface area contributed by atoms with Crippen molar-refractivity contribution < 1.29 is 23.7 Å². The van der Waals surface area contributed by atoms with Gasteiger partial charge in [-0.15, -0.1) is 0 Å². The van der Waals surface area contributed by atoms with Crippen LogP contribution in [-0.2, 0) is 4.74 Å². The fourth-order valence-electron chi connectivity index (χ4n) is 2.88. The molecule has 7 nitrogen and oxygen atoms in total. The van der Waals surface area contributed by atoms with Crippen molar-refractivity contribution in [3.63, 3.8) is 0 Å². The van der Waals surface area contributed by atoms with Crippen molar-refractivity contribution in [2.75, 3.05) is 61.1 Å². The zero-order valence-electron chi connectivity index (χ0n) is 15.7. The highest BCUT2D eigenvalue weighted by molar-refractivity contribution is 5.91. The van der Waals surface area contributed by atoms with E-state index in [-0.39, 0.29) is 6.10 Å². The normalized spacial score (nSPS) is 17.0. The van der Waals surface area contributed by atoms with Crippen molar-refractivity contribution >= 4 is 5.97 Å². The Morgan fingerprint density at radius 2 is 1.60 bits per heavy atom. The highest BCUT2D eigenvalue weighted by Gasteiger charge is 2.21. The number of hydrogen-bond acceptors (Lipinski definition) is 7. The molecule has 1 saturated heterocycles. The van der Waals surface area contributed by atoms with Crippen LogP contribution >= 0.6 is 0 Å². The Hall–Kier alpha value is -1.99. The van der Waals surface area contributed by atoms with E-state index in [0.29, 0.717) is 22.8 Å². The minimum absolute atomic E-state index is 0.199. The molecule has 1 fully saturated rings. The standard InChI is InChI=1S/C18H28N2O5/c1-13(12-20-8-6-19(2)7-9-20)25-18(21)14-10-15(22-3)17(24-5)16(11-14)23-4/h10-11,13H,6-9,12H2,1-5H3/t13-/m0/s1.